The van der Waals surface area contributed by atoms with Crippen LogP contribution in [0.25, 0.3) is 0 Å². The first kappa shape index (κ1) is 14.7. The van der Waals surface area contributed by atoms with Gasteiger partial charge in [0.05, 0.1) is 10.6 Å². The van der Waals surface area contributed by atoms with Crippen LogP contribution in [0.5, 0.6) is 0 Å². The number of hydrogen-bond acceptors (Lipinski definition) is 6. The van der Waals surface area contributed by atoms with Crippen LogP contribution in [0.15, 0.2) is 47.6 Å². The molecule has 1 aromatic carbocycles. The molecular formula is C12H12N4O4S. The maximum Gasteiger partial charge on any atom is 0.312 e. The fraction of sp³-hybridized carbons (Fsp3) is 0.0833. The molecule has 8 nitrogen and oxygen atoms in total. The summed E-state index contributed by atoms with van der Waals surface area (Å²) in [5.41, 5.74) is -0.103. The molecule has 2 aromatic rings. The van der Waals surface area contributed by atoms with E-state index in [1.165, 1.54) is 49.8 Å². The van der Waals surface area contributed by atoms with Gasteiger partial charge in [0.1, 0.15) is 5.69 Å². The van der Waals surface area contributed by atoms with Crippen LogP contribution in [-0.4, -0.2) is 25.4 Å². The molecule has 0 radical (unpaired) electrons. The van der Waals surface area contributed by atoms with Gasteiger partial charge in [-0.2, -0.15) is 0 Å². The summed E-state index contributed by atoms with van der Waals surface area (Å²) in [6.45, 7) is 0. The van der Waals surface area contributed by atoms with E-state index in [1.54, 1.807) is 0 Å². The number of rotatable bonds is 5. The van der Waals surface area contributed by atoms with E-state index in [1.807, 2.05) is 0 Å². The standard InChI is InChI=1S/C12H12N4O4S/c1-13-10-3-2-4-11(12(10)16(17)18)21(19,20)15-9-5-7-14-8-6-9/h2-8,13H,1H3,(H,14,15). The molecule has 0 atom stereocenters. The van der Waals surface area contributed by atoms with E-state index in [4.69, 9.17) is 0 Å². The van der Waals surface area contributed by atoms with E-state index < -0.39 is 25.5 Å². The van der Waals surface area contributed by atoms with Gasteiger partial charge >= 0.3 is 5.69 Å². The third-order valence-electron chi connectivity index (χ3n) is 2.67. The van der Waals surface area contributed by atoms with Crippen molar-refractivity contribution in [3.63, 3.8) is 0 Å². The lowest BCUT2D eigenvalue weighted by Crippen LogP contribution is -2.15. The molecular weight excluding hydrogens is 296 g/mol. The highest BCUT2D eigenvalue weighted by Crippen LogP contribution is 2.32. The third kappa shape index (κ3) is 3.08. The third-order valence-corrected chi connectivity index (χ3v) is 4.09. The molecule has 0 unspecified atom stereocenters. The van der Waals surface area contributed by atoms with Crippen LogP contribution >= 0.6 is 0 Å². The first-order chi connectivity index (χ1) is 9.95. The lowest BCUT2D eigenvalue weighted by molar-refractivity contribution is -0.386. The Balaban J connectivity index is 2.52. The van der Waals surface area contributed by atoms with Crippen molar-refractivity contribution in [2.75, 3.05) is 17.1 Å². The summed E-state index contributed by atoms with van der Waals surface area (Å²) in [7, 11) is -2.60. The first-order valence-electron chi connectivity index (χ1n) is 5.83. The second-order valence-electron chi connectivity index (χ2n) is 4.00. The Bertz CT molecular complexity index is 762. The highest BCUT2D eigenvalue weighted by atomic mass is 32.2. The van der Waals surface area contributed by atoms with Crippen molar-refractivity contribution in [2.24, 2.45) is 0 Å². The van der Waals surface area contributed by atoms with Crippen LogP contribution in [0, 0.1) is 10.1 Å². The van der Waals surface area contributed by atoms with E-state index in [2.05, 4.69) is 15.0 Å². The van der Waals surface area contributed by atoms with Gasteiger partial charge in [-0.3, -0.25) is 19.8 Å². The van der Waals surface area contributed by atoms with Crippen LogP contribution in [0.2, 0.25) is 0 Å². The topological polar surface area (TPSA) is 114 Å². The van der Waals surface area contributed by atoms with E-state index in [9.17, 15) is 18.5 Å². The molecule has 9 heteroatoms. The molecule has 0 fully saturated rings. The van der Waals surface area contributed by atoms with Gasteiger partial charge in [-0.1, -0.05) is 6.07 Å². The van der Waals surface area contributed by atoms with Crippen LogP contribution in [-0.2, 0) is 10.0 Å². The summed E-state index contributed by atoms with van der Waals surface area (Å²) < 4.78 is 26.9. The van der Waals surface area contributed by atoms with Crippen molar-refractivity contribution >= 4 is 27.1 Å². The summed E-state index contributed by atoms with van der Waals surface area (Å²) in [5, 5.41) is 13.8. The van der Waals surface area contributed by atoms with Crippen molar-refractivity contribution in [1.82, 2.24) is 4.98 Å². The zero-order chi connectivity index (χ0) is 15.5. The van der Waals surface area contributed by atoms with Gasteiger partial charge in [0.25, 0.3) is 10.0 Å². The average Bonchev–Trinajstić information content (AvgIpc) is 2.46. The van der Waals surface area contributed by atoms with Crippen molar-refractivity contribution in [3.05, 3.63) is 52.8 Å². The molecule has 0 saturated carbocycles. The molecule has 0 spiro atoms. The zero-order valence-corrected chi connectivity index (χ0v) is 11.8. The van der Waals surface area contributed by atoms with Gasteiger partial charge < -0.3 is 5.32 Å². The number of nitrogens with zero attached hydrogens (tertiary/aromatic N) is 2. The van der Waals surface area contributed by atoms with Crippen LogP contribution in [0.1, 0.15) is 0 Å². The molecule has 2 N–H and O–H groups in total. The minimum absolute atomic E-state index is 0.123. The normalized spacial score (nSPS) is 10.9. The Kier molecular flexibility index (Phi) is 4.03. The molecule has 0 amide bonds. The van der Waals surface area contributed by atoms with Crippen LogP contribution in [0.4, 0.5) is 17.1 Å². The molecule has 21 heavy (non-hydrogen) atoms. The van der Waals surface area contributed by atoms with Gasteiger partial charge in [0.2, 0.25) is 0 Å². The van der Waals surface area contributed by atoms with Gasteiger partial charge in [0, 0.05) is 19.4 Å². The summed E-state index contributed by atoms with van der Waals surface area (Å²) in [6.07, 6.45) is 2.83. The summed E-state index contributed by atoms with van der Waals surface area (Å²) in [6, 6.07) is 6.95. The molecule has 110 valence electrons. The second-order valence-corrected chi connectivity index (χ2v) is 5.65. The predicted molar refractivity (Wildman–Crippen MR) is 77.7 cm³/mol. The average molecular weight is 308 g/mol. The number of pyridine rings is 1. The number of anilines is 2. The summed E-state index contributed by atoms with van der Waals surface area (Å²) >= 11 is 0. The molecule has 1 heterocycles. The van der Waals surface area contributed by atoms with E-state index in [0.29, 0.717) is 0 Å². The minimum atomic E-state index is -4.08. The van der Waals surface area contributed by atoms with E-state index in [-0.39, 0.29) is 11.4 Å². The number of sulfonamides is 1. The minimum Gasteiger partial charge on any atom is -0.383 e. The van der Waals surface area contributed by atoms with Crippen LogP contribution in [0.3, 0.4) is 0 Å². The highest BCUT2D eigenvalue weighted by molar-refractivity contribution is 7.92. The van der Waals surface area contributed by atoms with Crippen LogP contribution < -0.4 is 10.0 Å². The molecule has 0 aliphatic carbocycles. The van der Waals surface area contributed by atoms with Gasteiger partial charge in [-0.05, 0) is 24.3 Å². The molecule has 1 aromatic heterocycles. The number of nitro groups is 1. The fourth-order valence-corrected chi connectivity index (χ4v) is 3.01. The zero-order valence-electron chi connectivity index (χ0n) is 11.0. The fourth-order valence-electron chi connectivity index (χ4n) is 1.76. The van der Waals surface area contributed by atoms with E-state index >= 15 is 0 Å². The number of para-hydroxylation sites is 1. The van der Waals surface area contributed by atoms with Crippen molar-refractivity contribution in [3.8, 4) is 0 Å². The Labute approximate surface area is 121 Å². The molecule has 0 aliphatic rings. The monoisotopic (exact) mass is 308 g/mol. The number of hydrogen-bond donors (Lipinski definition) is 2. The molecule has 0 aliphatic heterocycles. The number of nitro benzene ring substituents is 1. The predicted octanol–water partition coefficient (Wildman–Crippen LogP) is 1.83. The number of nitrogens with one attached hydrogen (secondary N) is 2. The second kappa shape index (κ2) is 5.75. The van der Waals surface area contributed by atoms with Gasteiger partial charge in [-0.25, -0.2) is 8.42 Å². The van der Waals surface area contributed by atoms with Gasteiger partial charge in [-0.15, -0.1) is 0 Å². The summed E-state index contributed by atoms with van der Waals surface area (Å²) in [4.78, 5) is 13.8. The number of aromatic nitrogens is 1. The van der Waals surface area contributed by atoms with Crippen molar-refractivity contribution in [1.29, 1.82) is 0 Å². The Morgan fingerprint density at radius 3 is 2.43 bits per heavy atom. The SMILES string of the molecule is CNc1cccc(S(=O)(=O)Nc2ccncc2)c1[N+](=O)[O-]. The smallest absolute Gasteiger partial charge is 0.312 e. The first-order valence-corrected chi connectivity index (χ1v) is 7.32. The largest absolute Gasteiger partial charge is 0.383 e. The maximum atomic E-state index is 12.3. The lowest BCUT2D eigenvalue weighted by Gasteiger charge is -2.10. The molecule has 0 bridgehead atoms. The maximum absolute atomic E-state index is 12.3. The van der Waals surface area contributed by atoms with E-state index in [0.717, 1.165) is 0 Å². The lowest BCUT2D eigenvalue weighted by atomic mass is 10.3. The van der Waals surface area contributed by atoms with Gasteiger partial charge in [0.15, 0.2) is 4.90 Å². The Morgan fingerprint density at radius 2 is 1.86 bits per heavy atom. The molecule has 0 saturated heterocycles. The van der Waals surface area contributed by atoms with Crippen molar-refractivity contribution in [2.45, 2.75) is 4.90 Å². The summed E-state index contributed by atoms with van der Waals surface area (Å²) in [5.74, 6) is 0. The molecule has 2 rings (SSSR count). The Hall–Kier alpha value is -2.68. The number of benzene rings is 1. The quantitative estimate of drug-likeness (QED) is 0.643. The Morgan fingerprint density at radius 1 is 1.19 bits per heavy atom. The van der Waals surface area contributed by atoms with Crippen molar-refractivity contribution < 1.29 is 13.3 Å². The highest BCUT2D eigenvalue weighted by Gasteiger charge is 2.28.